The van der Waals surface area contributed by atoms with Crippen LogP contribution in [0.4, 0.5) is 18.9 Å². The van der Waals surface area contributed by atoms with E-state index < -0.39 is 24.7 Å². The van der Waals surface area contributed by atoms with E-state index in [9.17, 15) is 23.1 Å². The molecule has 0 bridgehead atoms. The van der Waals surface area contributed by atoms with Gasteiger partial charge in [0.05, 0.1) is 24.6 Å². The van der Waals surface area contributed by atoms with Gasteiger partial charge in [0.1, 0.15) is 12.0 Å². The Balaban J connectivity index is 2.05. The van der Waals surface area contributed by atoms with E-state index in [-0.39, 0.29) is 12.1 Å². The Labute approximate surface area is 157 Å². The normalized spacial score (nSPS) is 16.3. The van der Waals surface area contributed by atoms with Crippen molar-refractivity contribution in [3.05, 3.63) is 59.6 Å². The fourth-order valence-corrected chi connectivity index (χ4v) is 2.76. The molecule has 1 aliphatic heterocycles. The molecule has 0 saturated heterocycles. The molecular weight excluding hydrogens is 385 g/mol. The van der Waals surface area contributed by atoms with Crippen molar-refractivity contribution >= 4 is 28.9 Å². The van der Waals surface area contributed by atoms with Crippen LogP contribution in [0.5, 0.6) is 0 Å². The lowest BCUT2D eigenvalue weighted by Crippen LogP contribution is -2.53. The van der Waals surface area contributed by atoms with Gasteiger partial charge >= 0.3 is 6.18 Å². The molecule has 1 N–H and O–H groups in total. The van der Waals surface area contributed by atoms with E-state index in [1.807, 2.05) is 0 Å². The summed E-state index contributed by atoms with van der Waals surface area (Å²) in [6.45, 7) is -0.876. The number of aliphatic hydroxyl groups excluding tert-OH is 1. The van der Waals surface area contributed by atoms with Gasteiger partial charge in [-0.1, -0.05) is 23.7 Å². The highest BCUT2D eigenvalue weighted by Gasteiger charge is 2.42. The van der Waals surface area contributed by atoms with E-state index in [0.29, 0.717) is 16.3 Å². The lowest BCUT2D eigenvalue weighted by atomic mass is 10.1. The molecule has 10 heteroatoms. The van der Waals surface area contributed by atoms with Crippen molar-refractivity contribution in [2.24, 2.45) is 0 Å². The molecule has 0 unspecified atom stereocenters. The minimum Gasteiger partial charge on any atom is -0.382 e. The van der Waals surface area contributed by atoms with Gasteiger partial charge in [0.25, 0.3) is 0 Å². The Kier molecular flexibility index (Phi) is 5.33. The zero-order chi connectivity index (χ0) is 19.6. The Bertz CT molecular complexity index is 844. The summed E-state index contributed by atoms with van der Waals surface area (Å²) < 4.78 is 38.9. The van der Waals surface area contributed by atoms with Crippen molar-refractivity contribution in [2.45, 2.75) is 18.7 Å². The van der Waals surface area contributed by atoms with E-state index >= 15 is 0 Å². The lowest BCUT2D eigenvalue weighted by Gasteiger charge is -2.41. The second kappa shape index (κ2) is 7.53. The summed E-state index contributed by atoms with van der Waals surface area (Å²) in [6, 6.07) is 6.41. The summed E-state index contributed by atoms with van der Waals surface area (Å²) in [4.78, 5) is 20.1. The van der Waals surface area contributed by atoms with Crippen molar-refractivity contribution < 1.29 is 23.1 Å². The fraction of sp³-hybridized carbons (Fsp3) is 0.235. The number of hydrogen-bond acceptors (Lipinski definition) is 5. The highest BCUT2D eigenvalue weighted by Crippen LogP contribution is 2.32. The number of carbonyl (C=O) groups excluding carboxylic acids is 1. The highest BCUT2D eigenvalue weighted by molar-refractivity contribution is 6.30. The van der Waals surface area contributed by atoms with Gasteiger partial charge in [-0.2, -0.15) is 13.2 Å². The Morgan fingerprint density at radius 3 is 2.41 bits per heavy atom. The Morgan fingerprint density at radius 1 is 1.19 bits per heavy atom. The van der Waals surface area contributed by atoms with E-state index in [4.69, 9.17) is 11.6 Å². The Hall–Kier alpha value is -2.65. The molecule has 27 heavy (non-hydrogen) atoms. The second-order valence-electron chi connectivity index (χ2n) is 5.74. The standard InChI is InChI=1S/C17H14ClF3N4O2/c18-12-3-1-11(2-4-12)14-5-6-16(27)25(13-7-22-10-23-8-13)24(14)9-15(26)17(19,20)21/h1-5,7-8,10,15,26H,6,9H2/t15-/m0/s1. The van der Waals surface area contributed by atoms with Crippen molar-refractivity contribution in [1.82, 2.24) is 15.0 Å². The van der Waals surface area contributed by atoms with Crippen LogP contribution in [-0.4, -0.2) is 44.8 Å². The molecule has 2 heterocycles. The first kappa shape index (κ1) is 19.1. The van der Waals surface area contributed by atoms with Crippen molar-refractivity contribution in [3.8, 4) is 0 Å². The number of carbonyl (C=O) groups is 1. The molecule has 0 spiro atoms. The fourth-order valence-electron chi connectivity index (χ4n) is 2.64. The van der Waals surface area contributed by atoms with E-state index in [1.54, 1.807) is 24.3 Å². The first-order valence-electron chi connectivity index (χ1n) is 7.83. The number of alkyl halides is 3. The molecule has 0 fully saturated rings. The number of β-amino-alcohol motifs (C(OH)–C–C–N with tert-alkyl or cyclic N) is 1. The molecule has 0 aliphatic carbocycles. The first-order chi connectivity index (χ1) is 12.8. The van der Waals surface area contributed by atoms with Crippen molar-refractivity contribution in [1.29, 1.82) is 0 Å². The third-order valence-electron chi connectivity index (χ3n) is 3.88. The van der Waals surface area contributed by atoms with Gasteiger partial charge in [-0.05, 0) is 23.8 Å². The summed E-state index contributed by atoms with van der Waals surface area (Å²) >= 11 is 5.88. The number of halogens is 4. The third kappa shape index (κ3) is 4.20. The van der Waals surface area contributed by atoms with Crippen LogP contribution < -0.4 is 5.01 Å². The predicted molar refractivity (Wildman–Crippen MR) is 92.3 cm³/mol. The SMILES string of the molecule is O=C1CC=C(c2ccc(Cl)cc2)N(C[C@H](O)C(F)(F)F)N1c1cncnc1. The molecule has 1 amide bonds. The minimum atomic E-state index is -4.84. The third-order valence-corrected chi connectivity index (χ3v) is 4.13. The van der Waals surface area contributed by atoms with E-state index in [1.165, 1.54) is 24.8 Å². The van der Waals surface area contributed by atoms with E-state index in [0.717, 1.165) is 10.0 Å². The van der Waals surface area contributed by atoms with Crippen LogP contribution in [0.2, 0.25) is 5.02 Å². The second-order valence-corrected chi connectivity index (χ2v) is 6.18. The summed E-state index contributed by atoms with van der Waals surface area (Å²) in [5.41, 5.74) is 1.07. The maximum Gasteiger partial charge on any atom is 0.416 e. The van der Waals surface area contributed by atoms with Crippen LogP contribution in [0.3, 0.4) is 0 Å². The number of benzene rings is 1. The van der Waals surface area contributed by atoms with E-state index in [2.05, 4.69) is 9.97 Å². The predicted octanol–water partition coefficient (Wildman–Crippen LogP) is 3.05. The van der Waals surface area contributed by atoms with Crippen LogP contribution in [0.25, 0.3) is 5.70 Å². The van der Waals surface area contributed by atoms with Gasteiger partial charge in [0.15, 0.2) is 6.10 Å². The van der Waals surface area contributed by atoms with Crippen molar-refractivity contribution in [2.75, 3.05) is 11.6 Å². The lowest BCUT2D eigenvalue weighted by molar-refractivity contribution is -0.206. The van der Waals surface area contributed by atoms with Crippen LogP contribution in [0.1, 0.15) is 12.0 Å². The maximum absolute atomic E-state index is 13.0. The monoisotopic (exact) mass is 398 g/mol. The number of aliphatic hydroxyl groups is 1. The smallest absolute Gasteiger partial charge is 0.382 e. The van der Waals surface area contributed by atoms with Gasteiger partial charge in [0, 0.05) is 11.4 Å². The van der Waals surface area contributed by atoms with Crippen LogP contribution in [0.15, 0.2) is 49.1 Å². The van der Waals surface area contributed by atoms with Gasteiger partial charge < -0.3 is 5.11 Å². The summed E-state index contributed by atoms with van der Waals surface area (Å²) in [6.07, 6.45) is -2.18. The molecule has 1 aliphatic rings. The summed E-state index contributed by atoms with van der Waals surface area (Å²) in [7, 11) is 0. The van der Waals surface area contributed by atoms with Gasteiger partial charge in [-0.25, -0.2) is 15.0 Å². The zero-order valence-corrected chi connectivity index (χ0v) is 14.5. The summed E-state index contributed by atoms with van der Waals surface area (Å²) in [5.74, 6) is -0.475. The molecule has 6 nitrogen and oxygen atoms in total. The number of nitrogens with zero attached hydrogens (tertiary/aromatic N) is 4. The molecule has 1 aromatic heterocycles. The van der Waals surface area contributed by atoms with Crippen LogP contribution in [0, 0.1) is 0 Å². The average molecular weight is 399 g/mol. The number of rotatable bonds is 4. The van der Waals surface area contributed by atoms with Gasteiger partial charge in [0.2, 0.25) is 5.91 Å². The molecule has 0 radical (unpaired) electrons. The Morgan fingerprint density at radius 2 is 1.81 bits per heavy atom. The topological polar surface area (TPSA) is 69.6 Å². The number of hydrogen-bond donors (Lipinski definition) is 1. The molecule has 2 aromatic rings. The zero-order valence-electron chi connectivity index (χ0n) is 13.8. The largest absolute Gasteiger partial charge is 0.416 e. The number of amides is 1. The molecular formula is C17H14ClF3N4O2. The quantitative estimate of drug-likeness (QED) is 0.857. The summed E-state index contributed by atoms with van der Waals surface area (Å²) in [5, 5.41) is 12.2. The minimum absolute atomic E-state index is 0.0362. The molecule has 0 saturated carbocycles. The van der Waals surface area contributed by atoms with Gasteiger partial charge in [-0.3, -0.25) is 9.80 Å². The van der Waals surface area contributed by atoms with Crippen LogP contribution >= 0.6 is 11.6 Å². The average Bonchev–Trinajstić information content (AvgIpc) is 2.63. The van der Waals surface area contributed by atoms with Crippen molar-refractivity contribution in [3.63, 3.8) is 0 Å². The number of aromatic nitrogens is 2. The molecule has 142 valence electrons. The maximum atomic E-state index is 13.0. The number of anilines is 1. The first-order valence-corrected chi connectivity index (χ1v) is 8.21. The van der Waals surface area contributed by atoms with Crippen LogP contribution in [-0.2, 0) is 4.79 Å². The highest BCUT2D eigenvalue weighted by atomic mass is 35.5. The van der Waals surface area contributed by atoms with Gasteiger partial charge in [-0.15, -0.1) is 0 Å². The molecule has 3 rings (SSSR count). The molecule has 1 aromatic carbocycles. The molecule has 1 atom stereocenters. The number of hydrazine groups is 1.